The molecule has 3 rings (SSSR count). The number of esters is 1. The Morgan fingerprint density at radius 1 is 1.19 bits per heavy atom. The fraction of sp³-hybridized carbons (Fsp3) is 0.625. The predicted octanol–water partition coefficient (Wildman–Crippen LogP) is 2.77. The number of carboxylic acid groups (broad SMARTS) is 1. The van der Waals surface area contributed by atoms with Gasteiger partial charge in [0, 0.05) is 6.04 Å². The van der Waals surface area contributed by atoms with E-state index >= 15 is 0 Å². The summed E-state index contributed by atoms with van der Waals surface area (Å²) in [6.45, 7) is 3.74. The maximum Gasteiger partial charge on any atom is 0.326 e. The number of carbonyl (C=O) groups excluding carboxylic acids is 2. The lowest BCUT2D eigenvalue weighted by atomic mass is 9.84. The molecule has 0 radical (unpaired) electrons. The Bertz CT molecular complexity index is 768. The minimum atomic E-state index is -0.944. The zero-order chi connectivity index (χ0) is 22.4. The van der Waals surface area contributed by atoms with E-state index in [9.17, 15) is 19.5 Å². The van der Waals surface area contributed by atoms with Crippen molar-refractivity contribution in [2.45, 2.75) is 83.0 Å². The zero-order valence-electron chi connectivity index (χ0n) is 18.5. The second-order valence-corrected chi connectivity index (χ2v) is 8.66. The van der Waals surface area contributed by atoms with E-state index in [-0.39, 0.29) is 30.4 Å². The van der Waals surface area contributed by atoms with Crippen LogP contribution in [0.3, 0.4) is 0 Å². The highest BCUT2D eigenvalue weighted by Gasteiger charge is 2.48. The Morgan fingerprint density at radius 2 is 1.90 bits per heavy atom. The molecular weight excluding hydrogens is 396 g/mol. The number of carbonyl (C=O) groups is 3. The van der Waals surface area contributed by atoms with E-state index in [2.05, 4.69) is 5.32 Å². The van der Waals surface area contributed by atoms with Crippen LogP contribution in [0.25, 0.3) is 0 Å². The van der Waals surface area contributed by atoms with Crippen LogP contribution in [0.2, 0.25) is 0 Å². The van der Waals surface area contributed by atoms with Crippen LogP contribution in [-0.4, -0.2) is 58.6 Å². The minimum Gasteiger partial charge on any atom is -0.480 e. The van der Waals surface area contributed by atoms with Crippen LogP contribution in [0.4, 0.5) is 0 Å². The Kier molecular flexibility index (Phi) is 8.07. The number of benzene rings is 1. The van der Waals surface area contributed by atoms with Crippen LogP contribution in [-0.2, 0) is 25.5 Å². The largest absolute Gasteiger partial charge is 0.480 e. The number of hydrogen-bond acceptors (Lipinski definition) is 5. The first kappa shape index (κ1) is 23.3. The van der Waals surface area contributed by atoms with Gasteiger partial charge < -0.3 is 14.7 Å². The first-order valence-corrected chi connectivity index (χ1v) is 11.4. The van der Waals surface area contributed by atoms with Crippen molar-refractivity contribution in [3.8, 4) is 0 Å². The van der Waals surface area contributed by atoms with Crippen LogP contribution < -0.4 is 5.32 Å². The van der Waals surface area contributed by atoms with E-state index in [4.69, 9.17) is 4.74 Å². The van der Waals surface area contributed by atoms with Gasteiger partial charge in [-0.1, -0.05) is 43.2 Å². The molecule has 5 atom stereocenters. The molecule has 2 N–H and O–H groups in total. The molecule has 1 amide bonds. The number of nitrogens with zero attached hydrogens (tertiary/aromatic N) is 1. The summed E-state index contributed by atoms with van der Waals surface area (Å²) in [5.41, 5.74) is 1.10. The van der Waals surface area contributed by atoms with Gasteiger partial charge in [-0.15, -0.1) is 0 Å². The number of hydrogen-bond donors (Lipinski definition) is 2. The summed E-state index contributed by atoms with van der Waals surface area (Å²) in [4.78, 5) is 39.3. The van der Waals surface area contributed by atoms with Gasteiger partial charge in [0.05, 0.1) is 12.6 Å². The molecule has 1 aromatic rings. The van der Waals surface area contributed by atoms with E-state index < -0.39 is 24.1 Å². The smallest absolute Gasteiger partial charge is 0.326 e. The number of carboxylic acids is 1. The topological polar surface area (TPSA) is 95.9 Å². The van der Waals surface area contributed by atoms with E-state index in [1.807, 2.05) is 30.3 Å². The van der Waals surface area contributed by atoms with E-state index in [1.165, 1.54) is 0 Å². The fourth-order valence-electron chi connectivity index (χ4n) is 5.06. The summed E-state index contributed by atoms with van der Waals surface area (Å²) < 4.78 is 5.22. The molecule has 7 heteroatoms. The Balaban J connectivity index is 1.70. The lowest BCUT2D eigenvalue weighted by molar-refractivity contribution is -0.152. The first-order valence-electron chi connectivity index (χ1n) is 11.4. The number of nitrogens with one attached hydrogen (secondary N) is 1. The molecule has 0 aromatic heterocycles. The summed E-state index contributed by atoms with van der Waals surface area (Å²) in [6, 6.07) is 7.75. The van der Waals surface area contributed by atoms with Crippen molar-refractivity contribution in [1.29, 1.82) is 0 Å². The predicted molar refractivity (Wildman–Crippen MR) is 116 cm³/mol. The molecule has 1 aliphatic heterocycles. The lowest BCUT2D eigenvalue weighted by Crippen LogP contribution is -2.55. The molecule has 1 saturated heterocycles. The van der Waals surface area contributed by atoms with Gasteiger partial charge in [0.1, 0.15) is 12.1 Å². The van der Waals surface area contributed by atoms with Gasteiger partial charge in [-0.05, 0) is 57.4 Å². The molecule has 0 bridgehead atoms. The van der Waals surface area contributed by atoms with E-state index in [1.54, 1.807) is 18.7 Å². The van der Waals surface area contributed by atoms with Gasteiger partial charge >= 0.3 is 11.9 Å². The molecule has 7 nitrogen and oxygen atoms in total. The van der Waals surface area contributed by atoms with Gasteiger partial charge in [-0.3, -0.25) is 14.9 Å². The molecule has 2 fully saturated rings. The fourth-order valence-corrected chi connectivity index (χ4v) is 5.06. The highest BCUT2D eigenvalue weighted by Crippen LogP contribution is 2.40. The van der Waals surface area contributed by atoms with Crippen molar-refractivity contribution < 1.29 is 24.2 Å². The van der Waals surface area contributed by atoms with Crippen LogP contribution >= 0.6 is 0 Å². The number of aliphatic carboxylic acids is 1. The molecule has 1 heterocycles. The summed E-state index contributed by atoms with van der Waals surface area (Å²) in [5, 5.41) is 12.9. The molecular formula is C24H34N2O5. The van der Waals surface area contributed by atoms with Crippen molar-refractivity contribution in [1.82, 2.24) is 10.2 Å². The third-order valence-electron chi connectivity index (χ3n) is 6.58. The summed E-state index contributed by atoms with van der Waals surface area (Å²) in [5.74, 6) is -1.31. The molecule has 1 aromatic carbocycles. The van der Waals surface area contributed by atoms with Crippen molar-refractivity contribution >= 4 is 17.8 Å². The van der Waals surface area contributed by atoms with Crippen LogP contribution in [0, 0.1) is 5.92 Å². The summed E-state index contributed by atoms with van der Waals surface area (Å²) >= 11 is 0. The maximum atomic E-state index is 13.4. The van der Waals surface area contributed by atoms with Gasteiger partial charge in [0.15, 0.2) is 0 Å². The molecule has 2 aliphatic rings. The summed E-state index contributed by atoms with van der Waals surface area (Å²) in [6.07, 6.45) is 5.62. The number of aryl methyl sites for hydroxylation is 1. The monoisotopic (exact) mass is 430 g/mol. The van der Waals surface area contributed by atoms with Crippen molar-refractivity contribution in [3.63, 3.8) is 0 Å². The molecule has 1 aliphatic carbocycles. The Hall–Kier alpha value is -2.41. The second-order valence-electron chi connectivity index (χ2n) is 8.66. The quantitative estimate of drug-likeness (QED) is 0.585. The van der Waals surface area contributed by atoms with Gasteiger partial charge in [0.2, 0.25) is 5.91 Å². The number of amides is 1. The molecule has 170 valence electrons. The maximum absolute atomic E-state index is 13.4. The Morgan fingerprint density at radius 3 is 2.58 bits per heavy atom. The standard InChI is InChI=1S/C24H34N2O5/c1-3-31-24(30)19(14-13-17-9-5-4-6-10-17)25-16(2)22(27)26-20-12-8-7-11-18(20)15-21(26)23(28)29/h4-6,9-10,16,18-21,25H,3,7-8,11-15H2,1-2H3,(H,28,29)/t16-,18+,19?,20+,21-/m0/s1. The number of fused-ring (bicyclic) bond motifs is 1. The average Bonchev–Trinajstić information content (AvgIpc) is 3.16. The average molecular weight is 431 g/mol. The second kappa shape index (κ2) is 10.8. The molecule has 31 heavy (non-hydrogen) atoms. The highest BCUT2D eigenvalue weighted by molar-refractivity contribution is 5.88. The summed E-state index contributed by atoms with van der Waals surface area (Å²) in [7, 11) is 0. The molecule has 1 unspecified atom stereocenters. The third kappa shape index (κ3) is 5.64. The lowest BCUT2D eigenvalue weighted by Gasteiger charge is -2.35. The number of ether oxygens (including phenoxy) is 1. The number of rotatable bonds is 9. The van der Waals surface area contributed by atoms with Crippen molar-refractivity contribution in [2.75, 3.05) is 6.61 Å². The Labute approximate surface area is 184 Å². The first-order chi connectivity index (χ1) is 14.9. The van der Waals surface area contributed by atoms with Gasteiger partial charge in [0.25, 0.3) is 0 Å². The highest BCUT2D eigenvalue weighted by atomic mass is 16.5. The van der Waals surface area contributed by atoms with E-state index in [0.717, 1.165) is 31.2 Å². The van der Waals surface area contributed by atoms with E-state index in [0.29, 0.717) is 19.3 Å². The number of likely N-dealkylation sites (tertiary alicyclic amines) is 1. The van der Waals surface area contributed by atoms with Crippen molar-refractivity contribution in [2.24, 2.45) is 5.92 Å². The minimum absolute atomic E-state index is 0.0167. The SMILES string of the molecule is CCOC(=O)C(CCc1ccccc1)N[C@@H](C)C(=O)N1[C@@H]2CCCC[C@@H]2C[C@H]1C(=O)O. The van der Waals surface area contributed by atoms with Gasteiger partial charge in [-0.2, -0.15) is 0 Å². The molecule has 1 saturated carbocycles. The van der Waals surface area contributed by atoms with Crippen LogP contribution in [0.5, 0.6) is 0 Å². The van der Waals surface area contributed by atoms with Crippen LogP contribution in [0.1, 0.15) is 57.9 Å². The van der Waals surface area contributed by atoms with Crippen molar-refractivity contribution in [3.05, 3.63) is 35.9 Å². The van der Waals surface area contributed by atoms with Gasteiger partial charge in [-0.25, -0.2) is 4.79 Å². The molecule has 0 spiro atoms. The zero-order valence-corrected chi connectivity index (χ0v) is 18.5. The van der Waals surface area contributed by atoms with Crippen LogP contribution in [0.15, 0.2) is 30.3 Å². The third-order valence-corrected chi connectivity index (χ3v) is 6.58. The normalized spacial score (nSPS) is 24.8.